The van der Waals surface area contributed by atoms with Gasteiger partial charge in [-0.25, -0.2) is 9.59 Å². The largest absolute Gasteiger partial charge is 0.507 e. The maximum absolute atomic E-state index is 14.8. The van der Waals surface area contributed by atoms with E-state index in [0.717, 1.165) is 11.1 Å². The Labute approximate surface area is 445 Å². The molecule has 2 aromatic carbocycles. The monoisotopic (exact) mass is 1060 g/mol. The van der Waals surface area contributed by atoms with Crippen molar-refractivity contribution in [3.63, 3.8) is 0 Å². The molecule has 21 nitrogen and oxygen atoms in total. The Kier molecular flexibility index (Phi) is 28.1. The summed E-state index contributed by atoms with van der Waals surface area (Å²) in [5, 5.41) is 34.2. The standard InChI is InChI=1S/C55H84N8O13/c1-33(2)20-22-36-38(30-64)44(75-32-47(65)61-40(17-9-13-25-57)53(69)63-42(55(71)73-7)19-11-15-27-59)29-45-48(36)51(67)49-46(76-45)28-43(37(50(49)66)23-21-34(3)4)74-31-35(5)60-39(16-8-12-24-56)52(68)62-41(54(70)72-6)18-10-14-26-58/h20-21,28-29,39-42,60,64,66H,5,8-19,22-27,30-32,56-59H2,1-4,6-7H3,(H,61,65)(H,62,68)(H,63,69)/t39-,40-,41-,42-/m0/s1. The second-order valence-electron chi connectivity index (χ2n) is 19.1. The van der Waals surface area contributed by atoms with Crippen LogP contribution in [0.3, 0.4) is 0 Å². The summed E-state index contributed by atoms with van der Waals surface area (Å²) in [4.78, 5) is 81.0. The second kappa shape index (κ2) is 33.5. The third kappa shape index (κ3) is 19.6. The summed E-state index contributed by atoms with van der Waals surface area (Å²) in [6.07, 6.45) is 9.90. The van der Waals surface area contributed by atoms with Crippen LogP contribution in [-0.4, -0.2) is 118 Å². The highest BCUT2D eigenvalue weighted by atomic mass is 16.5. The van der Waals surface area contributed by atoms with E-state index in [4.69, 9.17) is 46.3 Å². The van der Waals surface area contributed by atoms with Crippen molar-refractivity contribution in [2.24, 2.45) is 22.9 Å². The van der Waals surface area contributed by atoms with E-state index in [1.807, 2.05) is 39.8 Å². The Morgan fingerprint density at radius 1 is 0.605 bits per heavy atom. The van der Waals surface area contributed by atoms with Gasteiger partial charge in [-0.15, -0.1) is 0 Å². The van der Waals surface area contributed by atoms with E-state index in [-0.39, 0.29) is 82.6 Å². The number of phenolic OH excluding ortho intramolecular Hbond substituents is 1. The van der Waals surface area contributed by atoms with Crippen LogP contribution in [0.2, 0.25) is 0 Å². The van der Waals surface area contributed by atoms with Crippen LogP contribution in [0.4, 0.5) is 0 Å². The fraction of sp³-hybridized carbons (Fsp3) is 0.564. The van der Waals surface area contributed by atoms with Crippen LogP contribution in [0.1, 0.15) is 121 Å². The molecule has 21 heteroatoms. The number of ether oxygens (including phenoxy) is 4. The molecule has 76 heavy (non-hydrogen) atoms. The first-order valence-corrected chi connectivity index (χ1v) is 26.1. The van der Waals surface area contributed by atoms with Gasteiger partial charge in [0.15, 0.2) is 6.61 Å². The number of benzene rings is 2. The molecule has 0 aliphatic heterocycles. The topological polar surface area (TPSA) is 345 Å². The van der Waals surface area contributed by atoms with Gasteiger partial charge in [0, 0.05) is 29.0 Å². The minimum atomic E-state index is -1.07. The van der Waals surface area contributed by atoms with Gasteiger partial charge in [-0.05, 0) is 149 Å². The van der Waals surface area contributed by atoms with Crippen LogP contribution in [0, 0.1) is 0 Å². The molecule has 0 aliphatic carbocycles. The van der Waals surface area contributed by atoms with Gasteiger partial charge >= 0.3 is 11.9 Å². The number of hydrogen-bond donors (Lipinski definition) is 10. The molecule has 3 aromatic rings. The highest BCUT2D eigenvalue weighted by Crippen LogP contribution is 2.39. The molecule has 0 aliphatic rings. The first-order valence-electron chi connectivity index (χ1n) is 26.1. The van der Waals surface area contributed by atoms with Gasteiger partial charge in [-0.3, -0.25) is 19.2 Å². The van der Waals surface area contributed by atoms with E-state index >= 15 is 0 Å². The Morgan fingerprint density at radius 3 is 1.47 bits per heavy atom. The molecule has 0 radical (unpaired) electrons. The van der Waals surface area contributed by atoms with Crippen molar-refractivity contribution in [1.29, 1.82) is 0 Å². The molecular weight excluding hydrogens is 981 g/mol. The number of methoxy groups -OCH3 is 2. The average molecular weight is 1070 g/mol. The third-order valence-corrected chi connectivity index (χ3v) is 12.6. The number of fused-ring (bicyclic) bond motifs is 2. The second-order valence-corrected chi connectivity index (χ2v) is 19.1. The maximum Gasteiger partial charge on any atom is 0.328 e. The first kappa shape index (κ1) is 63.8. The number of allylic oxidation sites excluding steroid dienone is 4. The summed E-state index contributed by atoms with van der Waals surface area (Å²) in [7, 11) is 2.47. The Morgan fingerprint density at radius 2 is 1.03 bits per heavy atom. The van der Waals surface area contributed by atoms with Crippen LogP contribution in [0.15, 0.2) is 56.9 Å². The lowest BCUT2D eigenvalue weighted by atomic mass is 9.95. The molecule has 3 amide bonds. The smallest absolute Gasteiger partial charge is 0.328 e. The number of carbonyl (C=O) groups is 5. The normalized spacial score (nSPS) is 12.7. The van der Waals surface area contributed by atoms with Crippen LogP contribution < -0.4 is 59.1 Å². The fourth-order valence-corrected chi connectivity index (χ4v) is 8.40. The van der Waals surface area contributed by atoms with E-state index in [0.29, 0.717) is 96.0 Å². The number of amides is 3. The number of aliphatic hydroxyl groups is 1. The van der Waals surface area contributed by atoms with Crippen molar-refractivity contribution in [2.75, 3.05) is 53.6 Å². The van der Waals surface area contributed by atoms with Crippen molar-refractivity contribution in [3.05, 3.63) is 74.6 Å². The predicted molar refractivity (Wildman–Crippen MR) is 292 cm³/mol. The molecule has 0 unspecified atom stereocenters. The van der Waals surface area contributed by atoms with Crippen molar-refractivity contribution in [2.45, 2.75) is 148 Å². The van der Waals surface area contributed by atoms with E-state index in [2.05, 4.69) is 27.8 Å². The maximum atomic E-state index is 14.8. The number of unbranched alkanes of at least 4 members (excludes halogenated alkanes) is 4. The van der Waals surface area contributed by atoms with Crippen LogP contribution >= 0.6 is 0 Å². The number of rotatable bonds is 36. The fourth-order valence-electron chi connectivity index (χ4n) is 8.40. The number of aromatic hydroxyl groups is 1. The van der Waals surface area contributed by atoms with Crippen LogP contribution in [0.25, 0.3) is 21.9 Å². The molecule has 3 rings (SSSR count). The van der Waals surface area contributed by atoms with Gasteiger partial charge in [-0.2, -0.15) is 0 Å². The highest BCUT2D eigenvalue weighted by Gasteiger charge is 2.30. The molecule has 0 fully saturated rings. The van der Waals surface area contributed by atoms with Crippen molar-refractivity contribution in [1.82, 2.24) is 21.3 Å². The zero-order chi connectivity index (χ0) is 56.3. The van der Waals surface area contributed by atoms with Gasteiger partial charge in [0.1, 0.15) is 64.6 Å². The van der Waals surface area contributed by atoms with Gasteiger partial charge in [0.2, 0.25) is 17.2 Å². The number of carbonyl (C=O) groups excluding carboxylic acids is 5. The highest BCUT2D eigenvalue weighted by molar-refractivity contribution is 5.98. The molecule has 0 saturated carbocycles. The molecule has 1 heterocycles. The Bertz CT molecular complexity index is 2550. The lowest BCUT2D eigenvalue weighted by molar-refractivity contribution is -0.146. The number of aliphatic hydroxyl groups excluding tert-OH is 1. The van der Waals surface area contributed by atoms with Gasteiger partial charge in [0.05, 0.1) is 26.2 Å². The van der Waals surface area contributed by atoms with Crippen LogP contribution in [-0.2, 0) is 52.9 Å². The van der Waals surface area contributed by atoms with Gasteiger partial charge in [0.25, 0.3) is 5.91 Å². The van der Waals surface area contributed by atoms with Crippen LogP contribution in [0.5, 0.6) is 17.2 Å². The molecule has 14 N–H and O–H groups in total. The lowest BCUT2D eigenvalue weighted by Crippen LogP contribution is -2.52. The van der Waals surface area contributed by atoms with Crippen molar-refractivity contribution >= 4 is 51.6 Å². The summed E-state index contributed by atoms with van der Waals surface area (Å²) >= 11 is 0. The van der Waals surface area contributed by atoms with Gasteiger partial charge in [-0.1, -0.05) is 29.9 Å². The van der Waals surface area contributed by atoms with Gasteiger partial charge < -0.3 is 77.8 Å². The predicted octanol–water partition coefficient (Wildman–Crippen LogP) is 3.71. The summed E-state index contributed by atoms with van der Waals surface area (Å²) in [6.45, 7) is 11.8. The number of hydrogen-bond acceptors (Lipinski definition) is 18. The number of nitrogens with two attached hydrogens (primary N) is 4. The minimum absolute atomic E-state index is 0.0119. The van der Waals surface area contributed by atoms with E-state index in [9.17, 15) is 39.0 Å². The van der Waals surface area contributed by atoms with E-state index < -0.39 is 78.2 Å². The van der Waals surface area contributed by atoms with Crippen molar-refractivity contribution in [3.8, 4) is 17.2 Å². The Hall–Kier alpha value is -6.52. The summed E-state index contributed by atoms with van der Waals surface area (Å²) in [6, 6.07) is -0.894. The molecule has 1 aromatic heterocycles. The number of esters is 2. The summed E-state index contributed by atoms with van der Waals surface area (Å²) in [5.41, 5.74) is 25.0. The minimum Gasteiger partial charge on any atom is -0.507 e. The molecule has 0 saturated heterocycles. The zero-order valence-corrected chi connectivity index (χ0v) is 45.4. The third-order valence-electron chi connectivity index (χ3n) is 12.6. The van der Waals surface area contributed by atoms with Crippen molar-refractivity contribution < 1.29 is 57.6 Å². The molecule has 0 bridgehead atoms. The van der Waals surface area contributed by atoms with E-state index in [1.165, 1.54) is 26.4 Å². The average Bonchev–Trinajstić information content (AvgIpc) is 3.38. The molecule has 422 valence electrons. The number of phenols is 1. The molecule has 4 atom stereocenters. The summed E-state index contributed by atoms with van der Waals surface area (Å²) < 4.78 is 28.7. The zero-order valence-electron chi connectivity index (χ0n) is 45.4. The Balaban J connectivity index is 2.10. The SMILES string of the molecule is C=C(COc1cc2oc3cc(OCC(=O)N[C@@H](CCCCN)C(=O)N[C@@H](CCCCN)C(=O)OC)c(CO)c(CC=C(C)C)c3c(=O)c2c(O)c1CC=C(C)C)N[C@@H](CCCCN)C(=O)N[C@@H](CCCCN)C(=O)OC. The first-order chi connectivity index (χ1) is 36.4. The number of nitrogens with one attached hydrogen (secondary N) is 4. The lowest BCUT2D eigenvalue weighted by Gasteiger charge is -2.24. The quantitative estimate of drug-likeness (QED) is 0.0172. The summed E-state index contributed by atoms with van der Waals surface area (Å²) in [5.74, 6) is -3.20. The molecular formula is C55H84N8O13. The van der Waals surface area contributed by atoms with E-state index in [1.54, 1.807) is 0 Å². The molecule has 0 spiro atoms.